The molecule has 192 valence electrons. The molecule has 3 rings (SSSR count). The second kappa shape index (κ2) is 12.7. The summed E-state index contributed by atoms with van der Waals surface area (Å²) in [4.78, 5) is 60.6. The number of nitrogens with one attached hydrogen (secondary N) is 3. The lowest BCUT2D eigenvalue weighted by Gasteiger charge is -2.14. The number of fused-ring (bicyclic) bond motifs is 1. The number of aromatic amines is 1. The van der Waals surface area contributed by atoms with Gasteiger partial charge in [0.1, 0.15) is 6.04 Å². The number of hydrogen-bond donors (Lipinski definition) is 7. The Balaban J connectivity index is 0.00000106. The number of hydrogen-bond acceptors (Lipinski definition) is 11. The molecule has 2 heterocycles. The van der Waals surface area contributed by atoms with Gasteiger partial charge in [0.05, 0.1) is 18.4 Å². The van der Waals surface area contributed by atoms with Gasteiger partial charge in [-0.25, -0.2) is 14.8 Å². The highest BCUT2D eigenvalue weighted by molar-refractivity contribution is 5.96. The van der Waals surface area contributed by atoms with Crippen LogP contribution in [0.5, 0.6) is 0 Å². The van der Waals surface area contributed by atoms with E-state index in [4.69, 9.17) is 21.8 Å². The second-order valence-electron chi connectivity index (χ2n) is 7.68. The number of nitrogens with zero attached hydrogens (tertiary/aromatic N) is 4. The zero-order valence-corrected chi connectivity index (χ0v) is 19.6. The number of amides is 1. The van der Waals surface area contributed by atoms with Gasteiger partial charge in [-0.05, 0) is 30.7 Å². The Bertz CT molecular complexity index is 1270. The van der Waals surface area contributed by atoms with Gasteiger partial charge in [0.15, 0.2) is 11.2 Å². The third-order valence-electron chi connectivity index (χ3n) is 4.36. The average molecular weight is 502 g/mol. The summed E-state index contributed by atoms with van der Waals surface area (Å²) in [7, 11) is 3.56. The minimum Gasteiger partial charge on any atom is -0.481 e. The molecule has 1 aromatic carbocycles. The SMILES string of the molecule is CN(C)N.Nc1nc2ncc(CNc3ccc(C(=O)N[C@@H](CCC(=O)O)C(=O)O)cc3)nc2c(=O)[nH]1. The predicted octanol–water partition coefficient (Wildman–Crippen LogP) is -0.623. The Morgan fingerprint density at radius 1 is 1.14 bits per heavy atom. The van der Waals surface area contributed by atoms with Crippen LogP contribution in [0.25, 0.3) is 11.2 Å². The number of carboxylic acid groups (broad SMARTS) is 2. The molecule has 0 fully saturated rings. The first-order valence-corrected chi connectivity index (χ1v) is 10.5. The number of hydrazine groups is 1. The van der Waals surface area contributed by atoms with Crippen LogP contribution in [0, 0.1) is 0 Å². The van der Waals surface area contributed by atoms with Crippen molar-refractivity contribution in [2.24, 2.45) is 5.84 Å². The maximum atomic E-state index is 12.3. The van der Waals surface area contributed by atoms with Gasteiger partial charge in [-0.1, -0.05) is 0 Å². The number of aliphatic carboxylic acids is 2. The number of benzene rings is 1. The molecule has 36 heavy (non-hydrogen) atoms. The largest absolute Gasteiger partial charge is 0.481 e. The summed E-state index contributed by atoms with van der Waals surface area (Å²) >= 11 is 0. The fourth-order valence-electron chi connectivity index (χ4n) is 2.75. The summed E-state index contributed by atoms with van der Waals surface area (Å²) in [6, 6.07) is 4.86. The number of carbonyl (C=O) groups is 3. The maximum absolute atomic E-state index is 12.3. The second-order valence-corrected chi connectivity index (χ2v) is 7.68. The van der Waals surface area contributed by atoms with Crippen molar-refractivity contribution in [3.8, 4) is 0 Å². The maximum Gasteiger partial charge on any atom is 0.326 e. The topological polar surface area (TPSA) is 243 Å². The van der Waals surface area contributed by atoms with Crippen molar-refractivity contribution >= 4 is 40.6 Å². The summed E-state index contributed by atoms with van der Waals surface area (Å²) in [5, 5.41) is 24.7. The first kappa shape index (κ1) is 27.6. The molecule has 0 radical (unpaired) electrons. The molecule has 9 N–H and O–H groups in total. The molecule has 0 bridgehead atoms. The van der Waals surface area contributed by atoms with Crippen molar-refractivity contribution in [1.29, 1.82) is 0 Å². The number of nitrogens with two attached hydrogens (primary N) is 2. The Hall–Kier alpha value is -4.63. The molecule has 1 atom stereocenters. The lowest BCUT2D eigenvalue weighted by Crippen LogP contribution is -2.41. The molecule has 0 aliphatic carbocycles. The van der Waals surface area contributed by atoms with E-state index >= 15 is 0 Å². The fraction of sp³-hybridized carbons (Fsp3) is 0.286. The van der Waals surface area contributed by atoms with E-state index in [0.29, 0.717) is 11.4 Å². The van der Waals surface area contributed by atoms with Gasteiger partial charge in [0, 0.05) is 31.8 Å². The van der Waals surface area contributed by atoms with Crippen molar-refractivity contribution in [2.75, 3.05) is 25.1 Å². The molecule has 0 spiro atoms. The number of aromatic nitrogens is 4. The molecule has 0 saturated carbocycles. The summed E-state index contributed by atoms with van der Waals surface area (Å²) in [6.07, 6.45) is 0.840. The number of anilines is 2. The molecule has 0 saturated heterocycles. The smallest absolute Gasteiger partial charge is 0.326 e. The van der Waals surface area contributed by atoms with Crippen molar-refractivity contribution in [3.63, 3.8) is 0 Å². The zero-order valence-electron chi connectivity index (χ0n) is 19.6. The average Bonchev–Trinajstić information content (AvgIpc) is 2.80. The predicted molar refractivity (Wildman–Crippen MR) is 130 cm³/mol. The lowest BCUT2D eigenvalue weighted by atomic mass is 10.1. The molecular formula is C21H27N9O6. The van der Waals surface area contributed by atoms with Crippen molar-refractivity contribution in [2.45, 2.75) is 25.4 Å². The van der Waals surface area contributed by atoms with Crippen molar-refractivity contribution in [3.05, 3.63) is 52.1 Å². The number of H-pyrrole nitrogens is 1. The highest BCUT2D eigenvalue weighted by Gasteiger charge is 2.21. The van der Waals surface area contributed by atoms with Crippen LogP contribution < -0.4 is 27.8 Å². The van der Waals surface area contributed by atoms with Gasteiger partial charge < -0.3 is 26.6 Å². The van der Waals surface area contributed by atoms with Crippen LogP contribution in [-0.2, 0) is 16.1 Å². The van der Waals surface area contributed by atoms with E-state index in [9.17, 15) is 19.2 Å². The van der Waals surface area contributed by atoms with Gasteiger partial charge in [0.25, 0.3) is 11.5 Å². The summed E-state index contributed by atoms with van der Waals surface area (Å²) in [5.41, 5.74) is 6.47. The molecule has 0 aliphatic rings. The minimum atomic E-state index is -1.31. The lowest BCUT2D eigenvalue weighted by molar-refractivity contribution is -0.140. The molecule has 1 amide bonds. The molecule has 15 heteroatoms. The third kappa shape index (κ3) is 8.62. The van der Waals surface area contributed by atoms with Crippen LogP contribution in [0.4, 0.5) is 11.6 Å². The fourth-order valence-corrected chi connectivity index (χ4v) is 2.75. The molecular weight excluding hydrogens is 474 g/mol. The minimum absolute atomic E-state index is 0.0524. The van der Waals surface area contributed by atoms with Crippen LogP contribution in [0.1, 0.15) is 28.9 Å². The zero-order chi connectivity index (χ0) is 26.8. The monoisotopic (exact) mass is 501 g/mol. The van der Waals surface area contributed by atoms with Gasteiger partial charge in [-0.3, -0.25) is 30.2 Å². The van der Waals surface area contributed by atoms with Crippen molar-refractivity contribution < 1.29 is 24.6 Å². The van der Waals surface area contributed by atoms with Crippen LogP contribution in [0.15, 0.2) is 35.3 Å². The normalized spacial score (nSPS) is 11.3. The van der Waals surface area contributed by atoms with Crippen LogP contribution in [-0.4, -0.2) is 73.1 Å². The Kier molecular flexibility index (Phi) is 9.76. The Labute approximate surface area is 204 Å². The van der Waals surface area contributed by atoms with Gasteiger partial charge in [-0.15, -0.1) is 0 Å². The molecule has 2 aromatic heterocycles. The van der Waals surface area contributed by atoms with Crippen LogP contribution in [0.3, 0.4) is 0 Å². The summed E-state index contributed by atoms with van der Waals surface area (Å²) in [6.45, 7) is 0.231. The summed E-state index contributed by atoms with van der Waals surface area (Å²) < 4.78 is 0. The number of rotatable bonds is 9. The number of carbonyl (C=O) groups excluding carboxylic acids is 1. The molecule has 0 unspecified atom stereocenters. The van der Waals surface area contributed by atoms with Crippen LogP contribution in [0.2, 0.25) is 0 Å². The van der Waals surface area contributed by atoms with Gasteiger partial charge in [-0.2, -0.15) is 4.98 Å². The van der Waals surface area contributed by atoms with Gasteiger partial charge >= 0.3 is 11.9 Å². The van der Waals surface area contributed by atoms with Gasteiger partial charge in [0.2, 0.25) is 5.95 Å². The number of nitrogen functional groups attached to an aromatic ring is 1. The van der Waals surface area contributed by atoms with Crippen molar-refractivity contribution in [1.82, 2.24) is 30.3 Å². The van der Waals surface area contributed by atoms with E-state index < -0.39 is 29.4 Å². The Morgan fingerprint density at radius 2 is 1.78 bits per heavy atom. The summed E-state index contributed by atoms with van der Waals surface area (Å²) in [5.74, 6) is 1.79. The standard InChI is InChI=1S/C19H19N7O6.C2H8N2/c20-19-25-15-14(17(30)26-19)23-11(8-22-15)7-21-10-3-1-9(2-4-10)16(29)24-12(18(31)32)5-6-13(27)28;1-4(2)3/h1-4,8,12,21H,5-7H2,(H,24,29)(H,27,28)(H,31,32)(H3,20,22,25,26,30);3H2,1-2H3/t12-;/m0./s1. The van der Waals surface area contributed by atoms with Crippen LogP contribution >= 0.6 is 0 Å². The quantitative estimate of drug-likeness (QED) is 0.143. The highest BCUT2D eigenvalue weighted by Crippen LogP contribution is 2.12. The number of carboxylic acids is 2. The first-order chi connectivity index (χ1) is 17.0. The first-order valence-electron chi connectivity index (χ1n) is 10.5. The van der Waals surface area contributed by atoms with E-state index in [2.05, 4.69) is 30.6 Å². The molecule has 0 aliphatic heterocycles. The molecule has 3 aromatic rings. The Morgan fingerprint density at radius 3 is 2.36 bits per heavy atom. The van der Waals surface area contributed by atoms with E-state index in [1.54, 1.807) is 26.2 Å². The molecule has 15 nitrogen and oxygen atoms in total. The van der Waals surface area contributed by atoms with E-state index in [-0.39, 0.29) is 42.1 Å². The van der Waals surface area contributed by atoms with E-state index in [1.807, 2.05) is 0 Å². The third-order valence-corrected chi connectivity index (χ3v) is 4.36. The van der Waals surface area contributed by atoms with E-state index in [1.165, 1.54) is 23.3 Å². The van der Waals surface area contributed by atoms with E-state index in [0.717, 1.165) is 0 Å². The highest BCUT2D eigenvalue weighted by atomic mass is 16.4.